The van der Waals surface area contributed by atoms with Crippen molar-refractivity contribution in [2.45, 2.75) is 32.3 Å². The average Bonchev–Trinajstić information content (AvgIpc) is 3.09. The molecule has 1 aliphatic heterocycles. The highest BCUT2D eigenvalue weighted by Gasteiger charge is 2.25. The Kier molecular flexibility index (Phi) is 4.86. The molecular weight excluding hydrogens is 359 g/mol. The van der Waals surface area contributed by atoms with Gasteiger partial charge in [-0.25, -0.2) is 9.18 Å². The number of benzene rings is 2. The van der Waals surface area contributed by atoms with Crippen molar-refractivity contribution in [3.8, 4) is 0 Å². The fraction of sp³-hybridized carbons (Fsp3) is 0.273. The molecule has 2 N–H and O–H groups in total. The van der Waals surface area contributed by atoms with Crippen molar-refractivity contribution in [1.29, 1.82) is 0 Å². The minimum absolute atomic E-state index is 0.138. The molecule has 1 unspecified atom stereocenters. The molecule has 0 bridgehead atoms. The molecule has 144 valence electrons. The van der Waals surface area contributed by atoms with Crippen LogP contribution in [0, 0.1) is 5.82 Å². The van der Waals surface area contributed by atoms with Crippen LogP contribution in [0.4, 0.5) is 4.39 Å². The number of ether oxygens (including phenoxy) is 1. The Bertz CT molecular complexity index is 1060. The first-order chi connectivity index (χ1) is 13.5. The monoisotopic (exact) mass is 380 g/mol. The topological polar surface area (TPSA) is 71.2 Å². The molecule has 1 atom stereocenters. The van der Waals surface area contributed by atoms with E-state index in [1.54, 1.807) is 24.3 Å². The van der Waals surface area contributed by atoms with Crippen LogP contribution < -0.4 is 5.32 Å². The van der Waals surface area contributed by atoms with Crippen molar-refractivity contribution >= 4 is 22.8 Å². The van der Waals surface area contributed by atoms with Crippen molar-refractivity contribution < 1.29 is 18.7 Å². The normalized spacial score (nSPS) is 15.9. The number of cyclic esters (lactones) is 1. The first-order valence-electron chi connectivity index (χ1n) is 9.42. The number of rotatable bonds is 5. The quantitative estimate of drug-likeness (QED) is 0.662. The summed E-state index contributed by atoms with van der Waals surface area (Å²) in [6.45, 7) is 2.40. The summed E-state index contributed by atoms with van der Waals surface area (Å²) in [5.41, 5.74) is 3.72. The molecule has 0 spiro atoms. The van der Waals surface area contributed by atoms with E-state index in [1.807, 2.05) is 13.1 Å². The third-order valence-electron chi connectivity index (χ3n) is 5.17. The van der Waals surface area contributed by atoms with Gasteiger partial charge in [-0.2, -0.15) is 0 Å². The number of halogens is 1. The van der Waals surface area contributed by atoms with E-state index in [9.17, 15) is 14.0 Å². The number of esters is 1. The standard InChI is InChI=1S/C22H21FN2O3/c1-2-17-10-15-9-13(3-5-18(15)22(27)28-17)21(26)24-8-7-14-12-25-20-6-4-16(23)11-19(14)20/h3-6,9,11-12,17,25H,2,7-8,10H2,1H3,(H,24,26). The first-order valence-corrected chi connectivity index (χ1v) is 9.42. The van der Waals surface area contributed by atoms with Crippen LogP contribution in [0.5, 0.6) is 0 Å². The second-order valence-corrected chi connectivity index (χ2v) is 7.02. The summed E-state index contributed by atoms with van der Waals surface area (Å²) in [6, 6.07) is 9.68. The van der Waals surface area contributed by atoms with Gasteiger partial charge in [0.1, 0.15) is 11.9 Å². The maximum absolute atomic E-state index is 13.5. The third-order valence-corrected chi connectivity index (χ3v) is 5.17. The summed E-state index contributed by atoms with van der Waals surface area (Å²) in [7, 11) is 0. The second-order valence-electron chi connectivity index (χ2n) is 7.02. The van der Waals surface area contributed by atoms with Gasteiger partial charge in [-0.1, -0.05) is 6.92 Å². The Hall–Kier alpha value is -3.15. The number of aromatic amines is 1. The van der Waals surface area contributed by atoms with Gasteiger partial charge in [0.15, 0.2) is 0 Å². The van der Waals surface area contributed by atoms with Crippen molar-refractivity contribution in [3.05, 3.63) is 70.7 Å². The zero-order valence-electron chi connectivity index (χ0n) is 15.5. The molecule has 3 aromatic rings. The molecule has 2 aromatic carbocycles. The van der Waals surface area contributed by atoms with Crippen LogP contribution in [0.2, 0.25) is 0 Å². The molecular formula is C22H21FN2O3. The third kappa shape index (κ3) is 3.50. The molecule has 1 amide bonds. The number of aromatic nitrogens is 1. The van der Waals surface area contributed by atoms with Gasteiger partial charge in [0.25, 0.3) is 5.91 Å². The number of carbonyl (C=O) groups excluding carboxylic acids is 2. The van der Waals surface area contributed by atoms with Gasteiger partial charge in [0.2, 0.25) is 0 Å². The van der Waals surface area contributed by atoms with Crippen LogP contribution in [0.3, 0.4) is 0 Å². The SMILES string of the molecule is CCC1Cc2cc(C(=O)NCCc3c[nH]c4ccc(F)cc34)ccc2C(=O)O1. The van der Waals surface area contributed by atoms with Crippen molar-refractivity contribution in [2.75, 3.05) is 6.54 Å². The highest BCUT2D eigenvalue weighted by molar-refractivity contribution is 5.97. The van der Waals surface area contributed by atoms with E-state index in [0.29, 0.717) is 30.5 Å². The summed E-state index contributed by atoms with van der Waals surface area (Å²) in [5.74, 6) is -0.803. The minimum atomic E-state index is -0.327. The predicted molar refractivity (Wildman–Crippen MR) is 104 cm³/mol. The fourth-order valence-electron chi connectivity index (χ4n) is 3.60. The minimum Gasteiger partial charge on any atom is -0.458 e. The van der Waals surface area contributed by atoms with Gasteiger partial charge >= 0.3 is 5.97 Å². The fourth-order valence-corrected chi connectivity index (χ4v) is 3.60. The number of hydrogen-bond donors (Lipinski definition) is 2. The molecule has 0 radical (unpaired) electrons. The molecule has 28 heavy (non-hydrogen) atoms. The lowest BCUT2D eigenvalue weighted by Gasteiger charge is -2.24. The van der Waals surface area contributed by atoms with Gasteiger partial charge in [0.05, 0.1) is 5.56 Å². The number of hydrogen-bond acceptors (Lipinski definition) is 3. The summed E-state index contributed by atoms with van der Waals surface area (Å²) < 4.78 is 18.8. The Morgan fingerprint density at radius 1 is 1.29 bits per heavy atom. The largest absolute Gasteiger partial charge is 0.458 e. The number of H-pyrrole nitrogens is 1. The van der Waals surface area contributed by atoms with Gasteiger partial charge in [-0.05, 0) is 60.4 Å². The molecule has 2 heterocycles. The van der Waals surface area contributed by atoms with E-state index in [-0.39, 0.29) is 23.8 Å². The first kappa shape index (κ1) is 18.2. The summed E-state index contributed by atoms with van der Waals surface area (Å²) in [4.78, 5) is 27.6. The van der Waals surface area contributed by atoms with Crippen LogP contribution >= 0.6 is 0 Å². The van der Waals surface area contributed by atoms with Gasteiger partial charge in [-0.3, -0.25) is 4.79 Å². The number of amides is 1. The Morgan fingerprint density at radius 2 is 2.14 bits per heavy atom. The molecule has 6 heteroatoms. The Morgan fingerprint density at radius 3 is 2.96 bits per heavy atom. The van der Waals surface area contributed by atoms with Crippen LogP contribution in [0.15, 0.2) is 42.6 Å². The summed E-state index contributed by atoms with van der Waals surface area (Å²) in [6.07, 6.45) is 3.66. The molecule has 0 fully saturated rings. The Balaban J connectivity index is 1.43. The van der Waals surface area contributed by atoms with Gasteiger partial charge in [0, 0.05) is 35.6 Å². The lowest BCUT2D eigenvalue weighted by atomic mass is 9.95. The number of carbonyl (C=O) groups is 2. The van der Waals surface area contributed by atoms with Crippen LogP contribution in [0.1, 0.15) is 45.2 Å². The van der Waals surface area contributed by atoms with E-state index in [2.05, 4.69) is 10.3 Å². The summed E-state index contributed by atoms with van der Waals surface area (Å²) in [5, 5.41) is 3.72. The Labute approximate surface area is 161 Å². The van der Waals surface area contributed by atoms with Crippen LogP contribution in [-0.2, 0) is 17.6 Å². The molecule has 1 aliphatic rings. The highest BCUT2D eigenvalue weighted by Crippen LogP contribution is 2.24. The maximum atomic E-state index is 13.5. The highest BCUT2D eigenvalue weighted by atomic mass is 19.1. The predicted octanol–water partition coefficient (Wildman–Crippen LogP) is 3.77. The molecule has 5 nitrogen and oxygen atoms in total. The van der Waals surface area contributed by atoms with Crippen LogP contribution in [-0.4, -0.2) is 29.5 Å². The molecule has 0 aliphatic carbocycles. The van der Waals surface area contributed by atoms with Crippen molar-refractivity contribution in [2.24, 2.45) is 0 Å². The smallest absolute Gasteiger partial charge is 0.338 e. The van der Waals surface area contributed by atoms with E-state index in [4.69, 9.17) is 4.74 Å². The van der Waals surface area contributed by atoms with Crippen LogP contribution in [0.25, 0.3) is 10.9 Å². The molecule has 0 saturated carbocycles. The van der Waals surface area contributed by atoms with E-state index < -0.39 is 0 Å². The van der Waals surface area contributed by atoms with Crippen molar-refractivity contribution in [3.63, 3.8) is 0 Å². The van der Waals surface area contributed by atoms with E-state index >= 15 is 0 Å². The zero-order chi connectivity index (χ0) is 19.7. The lowest BCUT2D eigenvalue weighted by Crippen LogP contribution is -2.29. The maximum Gasteiger partial charge on any atom is 0.338 e. The van der Waals surface area contributed by atoms with E-state index in [0.717, 1.165) is 28.5 Å². The number of fused-ring (bicyclic) bond motifs is 2. The molecule has 1 aromatic heterocycles. The van der Waals surface area contributed by atoms with Gasteiger partial charge in [-0.15, -0.1) is 0 Å². The molecule has 0 saturated heterocycles. The van der Waals surface area contributed by atoms with E-state index in [1.165, 1.54) is 12.1 Å². The summed E-state index contributed by atoms with van der Waals surface area (Å²) >= 11 is 0. The second kappa shape index (κ2) is 7.46. The average molecular weight is 380 g/mol. The van der Waals surface area contributed by atoms with Gasteiger partial charge < -0.3 is 15.0 Å². The van der Waals surface area contributed by atoms with Crippen molar-refractivity contribution in [1.82, 2.24) is 10.3 Å². The number of nitrogens with one attached hydrogen (secondary N) is 2. The zero-order valence-corrected chi connectivity index (χ0v) is 15.5. The molecule has 4 rings (SSSR count). The lowest BCUT2D eigenvalue weighted by molar-refractivity contribution is 0.0249.